The summed E-state index contributed by atoms with van der Waals surface area (Å²) in [4.78, 5) is 24.1. The maximum atomic E-state index is 15.0. The van der Waals surface area contributed by atoms with E-state index in [9.17, 15) is 36.6 Å². The Morgan fingerprint density at radius 1 is 1.05 bits per heavy atom. The molecule has 4 nitrogen and oxygen atoms in total. The normalized spacial score (nSPS) is 33.9. The zero-order valence-corrected chi connectivity index (χ0v) is 20.6. The predicted molar refractivity (Wildman–Crippen MR) is 124 cm³/mol. The average molecular weight is 525 g/mol. The lowest BCUT2D eigenvalue weighted by Gasteiger charge is -2.56. The van der Waals surface area contributed by atoms with Gasteiger partial charge in [0.25, 0.3) is 0 Å². The first-order valence-electron chi connectivity index (χ1n) is 12.6. The number of rotatable bonds is 3. The van der Waals surface area contributed by atoms with E-state index in [1.807, 2.05) is 0 Å². The molecule has 0 aromatic heterocycles. The number of ketones is 1. The van der Waals surface area contributed by atoms with Crippen molar-refractivity contribution < 1.29 is 41.4 Å². The summed E-state index contributed by atoms with van der Waals surface area (Å²) >= 11 is 0. The Morgan fingerprint density at radius 2 is 1.73 bits per heavy atom. The second kappa shape index (κ2) is 8.48. The third-order valence-electron chi connectivity index (χ3n) is 9.50. The fourth-order valence-electron chi connectivity index (χ4n) is 7.68. The van der Waals surface area contributed by atoms with Crippen molar-refractivity contribution in [2.24, 2.45) is 17.3 Å². The minimum atomic E-state index is -5.89. The first-order valence-corrected chi connectivity index (χ1v) is 12.6. The van der Waals surface area contributed by atoms with Gasteiger partial charge in [0.15, 0.2) is 5.78 Å². The van der Waals surface area contributed by atoms with Crippen molar-refractivity contribution in [1.82, 2.24) is 0 Å². The number of benzene rings is 1. The second-order valence-electron chi connectivity index (χ2n) is 11.1. The van der Waals surface area contributed by atoms with Gasteiger partial charge in [0.05, 0.1) is 12.7 Å². The Labute approximate surface area is 211 Å². The molecule has 0 bridgehead atoms. The number of alkyl halides is 5. The third kappa shape index (κ3) is 3.63. The Hall–Kier alpha value is -2.55. The molecule has 0 spiro atoms. The van der Waals surface area contributed by atoms with Crippen LogP contribution in [0.2, 0.25) is 0 Å². The molecule has 0 amide bonds. The molecule has 0 aliphatic heterocycles. The topological polar surface area (TPSA) is 63.6 Å². The van der Waals surface area contributed by atoms with Crippen molar-refractivity contribution in [3.8, 4) is 0 Å². The molecule has 4 aliphatic rings. The summed E-state index contributed by atoms with van der Waals surface area (Å²) in [5.41, 5.74) is -1.11. The number of hydrogen-bond donors (Lipinski definition) is 1. The standard InChI is InChI=1S/C28H29F5O4/c1-25-14-21(15-3-5-16(6-4-15)24(35)37-2)23-19-10-8-18(34)13-17(19)7-9-20(23)22(25)11-12-26(25,36)27(29,30)28(31,32)33/h3-6,13,20-22,36H,7-12,14H2,1-2H3/t20?,21-,22?,25+,26+/m1/s1. The van der Waals surface area contributed by atoms with Gasteiger partial charge in [-0.3, -0.25) is 4.79 Å². The van der Waals surface area contributed by atoms with Gasteiger partial charge in [-0.15, -0.1) is 0 Å². The van der Waals surface area contributed by atoms with Crippen LogP contribution in [-0.4, -0.2) is 41.7 Å². The highest BCUT2D eigenvalue weighted by atomic mass is 19.4. The van der Waals surface area contributed by atoms with E-state index in [0.717, 1.165) is 16.7 Å². The highest BCUT2D eigenvalue weighted by Gasteiger charge is 2.79. The van der Waals surface area contributed by atoms with Crippen LogP contribution in [0.15, 0.2) is 47.1 Å². The maximum absolute atomic E-state index is 15.0. The minimum Gasteiger partial charge on any atom is -0.465 e. The van der Waals surface area contributed by atoms with Crippen molar-refractivity contribution >= 4 is 11.8 Å². The molecule has 2 saturated carbocycles. The Morgan fingerprint density at radius 3 is 2.35 bits per heavy atom. The maximum Gasteiger partial charge on any atom is 0.456 e. The van der Waals surface area contributed by atoms with Crippen LogP contribution in [0, 0.1) is 17.3 Å². The van der Waals surface area contributed by atoms with E-state index in [2.05, 4.69) is 0 Å². The lowest BCUT2D eigenvalue weighted by atomic mass is 9.50. The van der Waals surface area contributed by atoms with Gasteiger partial charge < -0.3 is 9.84 Å². The van der Waals surface area contributed by atoms with Crippen molar-refractivity contribution in [3.05, 3.63) is 58.2 Å². The summed E-state index contributed by atoms with van der Waals surface area (Å²) in [7, 11) is 1.25. The predicted octanol–water partition coefficient (Wildman–Crippen LogP) is 6.30. The molecular formula is C28H29F5O4. The second-order valence-corrected chi connectivity index (χ2v) is 11.1. The molecule has 2 fully saturated rings. The van der Waals surface area contributed by atoms with Crippen molar-refractivity contribution in [2.45, 2.75) is 75.5 Å². The summed E-state index contributed by atoms with van der Waals surface area (Å²) in [6.07, 6.45) is -3.05. The quantitative estimate of drug-likeness (QED) is 0.372. The number of carbonyl (C=O) groups excluding carboxylic acids is 2. The average Bonchev–Trinajstić information content (AvgIpc) is 3.13. The van der Waals surface area contributed by atoms with E-state index >= 15 is 0 Å². The molecule has 4 aliphatic carbocycles. The SMILES string of the molecule is COC(=O)c1ccc([C@H]2C[C@@]3(C)C(CC[C@@]3(O)C(F)(F)C(F)(F)F)C3CCC4=CC(=O)CCC4=C32)cc1. The molecule has 1 aromatic rings. The molecule has 2 unspecified atom stereocenters. The summed E-state index contributed by atoms with van der Waals surface area (Å²) in [5.74, 6) is -7.19. The van der Waals surface area contributed by atoms with Crippen LogP contribution in [0.4, 0.5) is 22.0 Å². The summed E-state index contributed by atoms with van der Waals surface area (Å²) in [6.45, 7) is 1.39. The number of allylic oxidation sites excluding steroid dienone is 4. The first kappa shape index (κ1) is 26.1. The lowest BCUT2D eigenvalue weighted by Crippen LogP contribution is -2.65. The van der Waals surface area contributed by atoms with Gasteiger partial charge in [0, 0.05) is 17.8 Å². The number of aliphatic hydroxyl groups is 1. The monoisotopic (exact) mass is 524 g/mol. The third-order valence-corrected chi connectivity index (χ3v) is 9.50. The molecule has 1 N–H and O–H groups in total. The summed E-state index contributed by atoms with van der Waals surface area (Å²) in [5, 5.41) is 11.3. The summed E-state index contributed by atoms with van der Waals surface area (Å²) < 4.78 is 75.6. The van der Waals surface area contributed by atoms with Gasteiger partial charge in [0.1, 0.15) is 5.60 Å². The molecule has 0 saturated heterocycles. The number of halogens is 5. The van der Waals surface area contributed by atoms with E-state index in [1.165, 1.54) is 14.0 Å². The van der Waals surface area contributed by atoms with Crippen molar-refractivity contribution in [3.63, 3.8) is 0 Å². The van der Waals surface area contributed by atoms with Crippen LogP contribution in [0.5, 0.6) is 0 Å². The van der Waals surface area contributed by atoms with Crippen molar-refractivity contribution in [2.75, 3.05) is 7.11 Å². The number of hydrogen-bond acceptors (Lipinski definition) is 4. The van der Waals surface area contributed by atoms with Crippen LogP contribution >= 0.6 is 0 Å². The largest absolute Gasteiger partial charge is 0.465 e. The van der Waals surface area contributed by atoms with Gasteiger partial charge in [-0.1, -0.05) is 24.6 Å². The smallest absolute Gasteiger partial charge is 0.456 e. The molecular weight excluding hydrogens is 495 g/mol. The van der Waals surface area contributed by atoms with E-state index in [4.69, 9.17) is 4.74 Å². The number of fused-ring (bicyclic) bond motifs is 4. The lowest BCUT2D eigenvalue weighted by molar-refractivity contribution is -0.362. The molecule has 9 heteroatoms. The Kier molecular flexibility index (Phi) is 5.98. The van der Waals surface area contributed by atoms with Crippen LogP contribution in [-0.2, 0) is 9.53 Å². The molecule has 0 heterocycles. The van der Waals surface area contributed by atoms with Gasteiger partial charge >= 0.3 is 18.1 Å². The number of ether oxygens (including phenoxy) is 1. The van der Waals surface area contributed by atoms with Crippen LogP contribution in [0.25, 0.3) is 0 Å². The molecule has 0 radical (unpaired) electrons. The van der Waals surface area contributed by atoms with Gasteiger partial charge in [0.2, 0.25) is 0 Å². The van der Waals surface area contributed by atoms with E-state index < -0.39 is 47.3 Å². The van der Waals surface area contributed by atoms with Gasteiger partial charge in [-0.05, 0) is 85.3 Å². The Bertz CT molecular complexity index is 1200. The van der Waals surface area contributed by atoms with E-state index in [0.29, 0.717) is 31.2 Å². The highest BCUT2D eigenvalue weighted by Crippen LogP contribution is 2.70. The van der Waals surface area contributed by atoms with Crippen LogP contribution < -0.4 is 0 Å². The highest BCUT2D eigenvalue weighted by molar-refractivity contribution is 5.93. The fraction of sp³-hybridized carbons (Fsp3) is 0.571. The number of carbonyl (C=O) groups is 2. The number of esters is 1. The van der Waals surface area contributed by atoms with Gasteiger partial charge in [-0.2, -0.15) is 22.0 Å². The molecule has 200 valence electrons. The zero-order valence-electron chi connectivity index (χ0n) is 20.6. The first-order chi connectivity index (χ1) is 17.2. The van der Waals surface area contributed by atoms with E-state index in [-0.39, 0.29) is 30.1 Å². The minimum absolute atomic E-state index is 0.0255. The van der Waals surface area contributed by atoms with E-state index in [1.54, 1.807) is 30.3 Å². The zero-order chi connectivity index (χ0) is 27.0. The number of methoxy groups -OCH3 is 1. The Balaban J connectivity index is 1.67. The van der Waals surface area contributed by atoms with Crippen LogP contribution in [0.3, 0.4) is 0 Å². The molecule has 1 aromatic carbocycles. The molecule has 5 atom stereocenters. The van der Waals surface area contributed by atoms with Gasteiger partial charge in [-0.25, -0.2) is 4.79 Å². The fourth-order valence-corrected chi connectivity index (χ4v) is 7.68. The molecule has 37 heavy (non-hydrogen) atoms. The summed E-state index contributed by atoms with van der Waals surface area (Å²) in [6, 6.07) is 6.44. The van der Waals surface area contributed by atoms with Crippen molar-refractivity contribution in [1.29, 1.82) is 0 Å². The van der Waals surface area contributed by atoms with Crippen LogP contribution in [0.1, 0.15) is 73.7 Å². The molecule has 5 rings (SSSR count).